The SMILES string of the molecule is COC(=O)CCCCCNC(=O)c1ccccc1N1C(=O)c2ccccc2C1=O. The average Bonchev–Trinajstić information content (AvgIpc) is 3.00. The number of hydrogen-bond acceptors (Lipinski definition) is 5. The zero-order valence-electron chi connectivity index (χ0n) is 16.1. The number of nitrogens with zero attached hydrogens (tertiary/aromatic N) is 1. The van der Waals surface area contributed by atoms with E-state index in [9.17, 15) is 19.2 Å². The molecule has 3 amide bonds. The van der Waals surface area contributed by atoms with E-state index in [-0.39, 0.29) is 23.1 Å². The van der Waals surface area contributed by atoms with Crippen molar-refractivity contribution in [3.63, 3.8) is 0 Å². The monoisotopic (exact) mass is 394 g/mol. The Morgan fingerprint density at radius 3 is 2.17 bits per heavy atom. The molecule has 29 heavy (non-hydrogen) atoms. The van der Waals surface area contributed by atoms with E-state index < -0.39 is 11.8 Å². The van der Waals surface area contributed by atoms with Crippen LogP contribution in [0.15, 0.2) is 48.5 Å². The summed E-state index contributed by atoms with van der Waals surface area (Å²) < 4.78 is 4.59. The number of rotatable bonds is 8. The summed E-state index contributed by atoms with van der Waals surface area (Å²) in [6, 6.07) is 13.2. The van der Waals surface area contributed by atoms with Crippen LogP contribution in [-0.2, 0) is 9.53 Å². The molecule has 1 aliphatic rings. The number of hydrogen-bond donors (Lipinski definition) is 1. The van der Waals surface area contributed by atoms with E-state index in [4.69, 9.17) is 0 Å². The molecule has 0 unspecified atom stereocenters. The molecule has 0 aromatic heterocycles. The van der Waals surface area contributed by atoms with E-state index >= 15 is 0 Å². The summed E-state index contributed by atoms with van der Waals surface area (Å²) in [6.07, 6.45) is 2.52. The number of carbonyl (C=O) groups excluding carboxylic acids is 4. The van der Waals surface area contributed by atoms with Gasteiger partial charge in [0, 0.05) is 13.0 Å². The number of unbranched alkanes of at least 4 members (excludes halogenated alkanes) is 2. The van der Waals surface area contributed by atoms with E-state index in [1.807, 2.05) is 0 Å². The number of nitrogens with one attached hydrogen (secondary N) is 1. The van der Waals surface area contributed by atoms with Crippen molar-refractivity contribution >= 4 is 29.4 Å². The largest absolute Gasteiger partial charge is 0.469 e. The summed E-state index contributed by atoms with van der Waals surface area (Å²) in [4.78, 5) is 50.3. The van der Waals surface area contributed by atoms with Crippen LogP contribution >= 0.6 is 0 Å². The van der Waals surface area contributed by atoms with Crippen LogP contribution < -0.4 is 10.2 Å². The Balaban J connectivity index is 1.65. The van der Waals surface area contributed by atoms with Crippen molar-refractivity contribution in [2.75, 3.05) is 18.6 Å². The van der Waals surface area contributed by atoms with Crippen molar-refractivity contribution in [2.45, 2.75) is 25.7 Å². The maximum absolute atomic E-state index is 12.7. The molecular weight excluding hydrogens is 372 g/mol. The smallest absolute Gasteiger partial charge is 0.305 e. The van der Waals surface area contributed by atoms with Crippen LogP contribution in [0.25, 0.3) is 0 Å². The summed E-state index contributed by atoms with van der Waals surface area (Å²) in [5, 5.41) is 2.81. The molecule has 1 N–H and O–H groups in total. The Morgan fingerprint density at radius 2 is 1.52 bits per heavy atom. The summed E-state index contributed by atoms with van der Waals surface area (Å²) in [6.45, 7) is 0.427. The quantitative estimate of drug-likeness (QED) is 0.422. The number of benzene rings is 2. The number of anilines is 1. The summed E-state index contributed by atoms with van der Waals surface area (Å²) in [5.74, 6) is -1.48. The highest BCUT2D eigenvalue weighted by Gasteiger charge is 2.37. The van der Waals surface area contributed by atoms with Crippen LogP contribution in [0.3, 0.4) is 0 Å². The minimum Gasteiger partial charge on any atom is -0.469 e. The molecule has 0 radical (unpaired) electrons. The second-order valence-corrected chi connectivity index (χ2v) is 6.65. The molecular formula is C22H22N2O5. The molecule has 1 aliphatic heterocycles. The Hall–Kier alpha value is -3.48. The van der Waals surface area contributed by atoms with E-state index in [2.05, 4.69) is 10.1 Å². The fraction of sp³-hybridized carbons (Fsp3) is 0.273. The number of esters is 1. The Bertz CT molecular complexity index is 919. The molecule has 2 aromatic rings. The minimum atomic E-state index is -0.436. The normalized spacial score (nSPS) is 12.7. The third-order valence-electron chi connectivity index (χ3n) is 4.75. The predicted molar refractivity (Wildman–Crippen MR) is 107 cm³/mol. The van der Waals surface area contributed by atoms with Crippen LogP contribution in [0.2, 0.25) is 0 Å². The summed E-state index contributed by atoms with van der Waals surface area (Å²) >= 11 is 0. The molecule has 0 bridgehead atoms. The lowest BCUT2D eigenvalue weighted by Crippen LogP contribution is -2.33. The minimum absolute atomic E-state index is 0.246. The van der Waals surface area contributed by atoms with Gasteiger partial charge in [0.1, 0.15) is 0 Å². The van der Waals surface area contributed by atoms with E-state index in [1.165, 1.54) is 7.11 Å². The lowest BCUT2D eigenvalue weighted by atomic mass is 10.1. The van der Waals surface area contributed by atoms with E-state index in [0.29, 0.717) is 36.9 Å². The maximum atomic E-state index is 12.7. The Kier molecular flexibility index (Phi) is 6.39. The van der Waals surface area contributed by atoms with Gasteiger partial charge in [-0.05, 0) is 37.1 Å². The molecule has 3 rings (SSSR count). The lowest BCUT2D eigenvalue weighted by Gasteiger charge is -2.18. The standard InChI is InChI=1S/C22H22N2O5/c1-29-19(25)13-3-2-8-14-23-20(26)17-11-6-7-12-18(17)24-21(27)15-9-4-5-10-16(15)22(24)28/h4-7,9-12H,2-3,8,13-14H2,1H3,(H,23,26). The first-order chi connectivity index (χ1) is 14.0. The molecule has 0 saturated carbocycles. The first-order valence-electron chi connectivity index (χ1n) is 9.46. The Morgan fingerprint density at radius 1 is 0.897 bits per heavy atom. The number of ether oxygens (including phenoxy) is 1. The van der Waals surface area contributed by atoms with Gasteiger partial charge in [-0.25, -0.2) is 4.90 Å². The van der Waals surface area contributed by atoms with Gasteiger partial charge in [0.05, 0.1) is 29.5 Å². The van der Waals surface area contributed by atoms with Gasteiger partial charge in [-0.15, -0.1) is 0 Å². The third-order valence-corrected chi connectivity index (χ3v) is 4.75. The van der Waals surface area contributed by atoms with Crippen LogP contribution in [0.1, 0.15) is 56.8 Å². The summed E-state index contributed by atoms with van der Waals surface area (Å²) in [5.41, 5.74) is 1.19. The van der Waals surface area contributed by atoms with Gasteiger partial charge in [0.25, 0.3) is 17.7 Å². The van der Waals surface area contributed by atoms with Crippen molar-refractivity contribution in [3.05, 3.63) is 65.2 Å². The first kappa shape index (κ1) is 20.3. The highest BCUT2D eigenvalue weighted by atomic mass is 16.5. The maximum Gasteiger partial charge on any atom is 0.305 e. The van der Waals surface area contributed by atoms with Crippen molar-refractivity contribution in [1.82, 2.24) is 5.32 Å². The van der Waals surface area contributed by atoms with E-state index in [0.717, 1.165) is 11.3 Å². The number of imide groups is 1. The van der Waals surface area contributed by atoms with Crippen LogP contribution in [-0.4, -0.2) is 37.3 Å². The van der Waals surface area contributed by atoms with E-state index in [1.54, 1.807) is 48.5 Å². The lowest BCUT2D eigenvalue weighted by molar-refractivity contribution is -0.140. The zero-order chi connectivity index (χ0) is 20.8. The van der Waals surface area contributed by atoms with Crippen molar-refractivity contribution in [1.29, 1.82) is 0 Å². The van der Waals surface area contributed by atoms with Gasteiger partial charge in [-0.1, -0.05) is 30.7 Å². The molecule has 0 aliphatic carbocycles. The fourth-order valence-corrected chi connectivity index (χ4v) is 3.24. The second kappa shape index (κ2) is 9.14. The molecule has 0 saturated heterocycles. The topological polar surface area (TPSA) is 92.8 Å². The molecule has 0 atom stereocenters. The van der Waals surface area contributed by atoms with Crippen LogP contribution in [0, 0.1) is 0 Å². The highest BCUT2D eigenvalue weighted by molar-refractivity contribution is 6.35. The van der Waals surface area contributed by atoms with Crippen molar-refractivity contribution in [2.24, 2.45) is 0 Å². The molecule has 7 nitrogen and oxygen atoms in total. The first-order valence-corrected chi connectivity index (χ1v) is 9.46. The fourth-order valence-electron chi connectivity index (χ4n) is 3.24. The van der Waals surface area contributed by atoms with Crippen LogP contribution in [0.5, 0.6) is 0 Å². The van der Waals surface area contributed by atoms with Crippen molar-refractivity contribution < 1.29 is 23.9 Å². The van der Waals surface area contributed by atoms with Gasteiger partial charge < -0.3 is 10.1 Å². The van der Waals surface area contributed by atoms with Gasteiger partial charge in [0.2, 0.25) is 0 Å². The molecule has 1 heterocycles. The molecule has 150 valence electrons. The number of methoxy groups -OCH3 is 1. The highest BCUT2D eigenvalue weighted by Crippen LogP contribution is 2.30. The second-order valence-electron chi connectivity index (χ2n) is 6.65. The zero-order valence-corrected chi connectivity index (χ0v) is 16.1. The summed E-state index contributed by atoms with van der Waals surface area (Å²) in [7, 11) is 1.36. The average molecular weight is 394 g/mol. The van der Waals surface area contributed by atoms with Gasteiger partial charge in [0.15, 0.2) is 0 Å². The van der Waals surface area contributed by atoms with Gasteiger partial charge in [-0.3, -0.25) is 19.2 Å². The van der Waals surface area contributed by atoms with Gasteiger partial charge >= 0.3 is 5.97 Å². The number of fused-ring (bicyclic) bond motifs is 1. The molecule has 0 fully saturated rings. The third kappa shape index (κ3) is 4.34. The molecule has 2 aromatic carbocycles. The number of carbonyl (C=O) groups is 4. The molecule has 7 heteroatoms. The molecule has 0 spiro atoms. The van der Waals surface area contributed by atoms with Crippen LogP contribution in [0.4, 0.5) is 5.69 Å². The van der Waals surface area contributed by atoms with Crippen molar-refractivity contribution in [3.8, 4) is 0 Å². The predicted octanol–water partition coefficient (Wildman–Crippen LogP) is 2.95. The van der Waals surface area contributed by atoms with Gasteiger partial charge in [-0.2, -0.15) is 0 Å². The number of para-hydroxylation sites is 1. The number of amides is 3. The Labute approximate surface area is 168 Å².